The number of rotatable bonds is 10. The van der Waals surface area contributed by atoms with E-state index < -0.39 is 18.6 Å². The van der Waals surface area contributed by atoms with E-state index in [1.807, 2.05) is 0 Å². The summed E-state index contributed by atoms with van der Waals surface area (Å²) in [5, 5.41) is -0.997. The van der Waals surface area contributed by atoms with Crippen LogP contribution in [0.4, 0.5) is 0 Å². The molecule has 0 spiro atoms. The molecule has 0 N–H and O–H groups in total. The SMILES string of the molecule is C=COP(=O)(OCC(Cl)CCl)OCC(Cl)CCl. The normalized spacial score (nSPS) is 18.1. The second-order valence-electron chi connectivity index (χ2n) is 2.81. The summed E-state index contributed by atoms with van der Waals surface area (Å²) < 4.78 is 26.5. The minimum Gasteiger partial charge on any atom is -0.413 e. The molecular formula is C8H13Cl4O4P. The Morgan fingerprint density at radius 2 is 1.53 bits per heavy atom. The first-order valence-electron chi connectivity index (χ1n) is 4.56. The van der Waals surface area contributed by atoms with Crippen molar-refractivity contribution in [2.45, 2.75) is 10.8 Å². The van der Waals surface area contributed by atoms with E-state index in [1.165, 1.54) is 0 Å². The Morgan fingerprint density at radius 3 is 1.82 bits per heavy atom. The smallest absolute Gasteiger partial charge is 0.413 e. The van der Waals surface area contributed by atoms with Gasteiger partial charge in [0.15, 0.2) is 0 Å². The highest BCUT2D eigenvalue weighted by Gasteiger charge is 2.29. The summed E-state index contributed by atoms with van der Waals surface area (Å²) >= 11 is 22.3. The summed E-state index contributed by atoms with van der Waals surface area (Å²) in [6.07, 6.45) is 0.953. The van der Waals surface area contributed by atoms with Gasteiger partial charge in [-0.2, -0.15) is 0 Å². The zero-order valence-electron chi connectivity index (χ0n) is 8.86. The molecule has 0 saturated carbocycles. The molecule has 0 aliphatic carbocycles. The van der Waals surface area contributed by atoms with Crippen molar-refractivity contribution < 1.29 is 18.1 Å². The van der Waals surface area contributed by atoms with Crippen molar-refractivity contribution in [3.63, 3.8) is 0 Å². The summed E-state index contributed by atoms with van der Waals surface area (Å²) in [6.45, 7) is 3.11. The van der Waals surface area contributed by atoms with Gasteiger partial charge in [-0.15, -0.1) is 46.4 Å². The Hall–Kier alpha value is 0.850. The van der Waals surface area contributed by atoms with Crippen LogP contribution in [0.1, 0.15) is 0 Å². The zero-order valence-corrected chi connectivity index (χ0v) is 12.8. The number of hydrogen-bond acceptors (Lipinski definition) is 4. The minimum absolute atomic E-state index is 0.0794. The Labute approximate surface area is 121 Å². The molecule has 2 atom stereocenters. The third kappa shape index (κ3) is 8.55. The molecule has 0 bridgehead atoms. The Kier molecular flexibility index (Phi) is 10.2. The van der Waals surface area contributed by atoms with Gasteiger partial charge in [0, 0.05) is 11.8 Å². The quantitative estimate of drug-likeness (QED) is 0.341. The van der Waals surface area contributed by atoms with E-state index in [4.69, 9.17) is 60.0 Å². The zero-order chi connectivity index (χ0) is 13.3. The third-order valence-electron chi connectivity index (χ3n) is 1.37. The number of halogens is 4. The van der Waals surface area contributed by atoms with E-state index in [0.29, 0.717) is 0 Å². The molecule has 0 radical (unpaired) electrons. The van der Waals surface area contributed by atoms with E-state index in [-0.39, 0.29) is 25.0 Å². The molecule has 0 aliphatic rings. The maximum absolute atomic E-state index is 11.9. The molecule has 0 aliphatic heterocycles. The van der Waals surface area contributed by atoms with E-state index in [0.717, 1.165) is 6.26 Å². The molecule has 0 aromatic carbocycles. The molecule has 9 heteroatoms. The van der Waals surface area contributed by atoms with E-state index in [1.54, 1.807) is 0 Å². The largest absolute Gasteiger partial charge is 0.529 e. The van der Waals surface area contributed by atoms with Crippen molar-refractivity contribution in [2.75, 3.05) is 25.0 Å². The first-order chi connectivity index (χ1) is 7.97. The van der Waals surface area contributed by atoms with Crippen molar-refractivity contribution in [1.29, 1.82) is 0 Å². The van der Waals surface area contributed by atoms with Gasteiger partial charge in [-0.05, 0) is 0 Å². The molecule has 0 aromatic heterocycles. The van der Waals surface area contributed by atoms with Crippen LogP contribution >= 0.6 is 54.2 Å². The maximum Gasteiger partial charge on any atom is 0.529 e. The molecule has 2 unspecified atom stereocenters. The Bertz CT molecular complexity index is 248. The summed E-state index contributed by atoms with van der Waals surface area (Å²) in [5.41, 5.74) is 0. The monoisotopic (exact) mass is 344 g/mol. The number of phosphoric ester groups is 1. The minimum atomic E-state index is -3.76. The average molecular weight is 346 g/mol. The lowest BCUT2D eigenvalue weighted by Crippen LogP contribution is -2.14. The molecule has 0 saturated heterocycles. The van der Waals surface area contributed by atoms with Crippen LogP contribution in [-0.4, -0.2) is 35.7 Å². The van der Waals surface area contributed by atoms with Crippen LogP contribution in [0.5, 0.6) is 0 Å². The summed E-state index contributed by atoms with van der Waals surface area (Å²) in [5.74, 6) is 0.297. The summed E-state index contributed by atoms with van der Waals surface area (Å²) in [6, 6.07) is 0. The first-order valence-corrected chi connectivity index (χ1v) is 7.96. The molecular weight excluding hydrogens is 333 g/mol. The second kappa shape index (κ2) is 9.74. The molecule has 0 rings (SSSR count). The van der Waals surface area contributed by atoms with Gasteiger partial charge in [0.2, 0.25) is 0 Å². The number of alkyl halides is 4. The number of hydrogen-bond donors (Lipinski definition) is 0. The lowest BCUT2D eigenvalue weighted by atomic mass is 10.5. The fourth-order valence-corrected chi connectivity index (χ4v) is 2.21. The van der Waals surface area contributed by atoms with Gasteiger partial charge >= 0.3 is 7.82 Å². The van der Waals surface area contributed by atoms with Crippen LogP contribution < -0.4 is 0 Å². The van der Waals surface area contributed by atoms with Crippen molar-refractivity contribution >= 4 is 54.2 Å². The molecule has 0 fully saturated rings. The highest BCUT2D eigenvalue weighted by atomic mass is 35.5. The van der Waals surface area contributed by atoms with Gasteiger partial charge in [-0.25, -0.2) is 4.57 Å². The van der Waals surface area contributed by atoms with Crippen LogP contribution in [0, 0.1) is 0 Å². The van der Waals surface area contributed by atoms with Crippen LogP contribution in [-0.2, 0) is 18.1 Å². The standard InChI is InChI=1S/C8H13Cl4O4P/c1-2-14-17(13,15-5-7(11)3-9)16-6-8(12)4-10/h2,7-8H,1,3-6H2. The molecule has 0 heterocycles. The van der Waals surface area contributed by atoms with Crippen LogP contribution in [0.2, 0.25) is 0 Å². The average Bonchev–Trinajstić information content (AvgIpc) is 2.33. The summed E-state index contributed by atoms with van der Waals surface area (Å²) in [7, 11) is -3.76. The predicted octanol–water partition coefficient (Wildman–Crippen LogP) is 3.98. The summed E-state index contributed by atoms with van der Waals surface area (Å²) in [4.78, 5) is 0. The van der Waals surface area contributed by atoms with Crippen molar-refractivity contribution in [3.8, 4) is 0 Å². The second-order valence-corrected chi connectivity index (χ2v) is 6.29. The Morgan fingerprint density at radius 1 is 1.12 bits per heavy atom. The van der Waals surface area contributed by atoms with Gasteiger partial charge in [0.25, 0.3) is 0 Å². The van der Waals surface area contributed by atoms with Crippen molar-refractivity contribution in [1.82, 2.24) is 0 Å². The lowest BCUT2D eigenvalue weighted by Gasteiger charge is -2.18. The van der Waals surface area contributed by atoms with Crippen molar-refractivity contribution in [2.24, 2.45) is 0 Å². The third-order valence-corrected chi connectivity index (χ3v) is 4.32. The van der Waals surface area contributed by atoms with Gasteiger partial charge in [0.1, 0.15) is 0 Å². The molecule has 0 amide bonds. The maximum atomic E-state index is 11.9. The first kappa shape index (κ1) is 17.8. The molecule has 0 aromatic rings. The number of phosphoric acid groups is 1. The van der Waals surface area contributed by atoms with Gasteiger partial charge in [0.05, 0.1) is 30.2 Å². The van der Waals surface area contributed by atoms with Crippen LogP contribution in [0.15, 0.2) is 12.8 Å². The lowest BCUT2D eigenvalue weighted by molar-refractivity contribution is 0.145. The van der Waals surface area contributed by atoms with E-state index >= 15 is 0 Å². The van der Waals surface area contributed by atoms with E-state index in [2.05, 4.69) is 6.58 Å². The fourth-order valence-electron chi connectivity index (χ4n) is 0.623. The van der Waals surface area contributed by atoms with Crippen molar-refractivity contribution in [3.05, 3.63) is 12.8 Å². The predicted molar refractivity (Wildman–Crippen MR) is 71.5 cm³/mol. The highest BCUT2D eigenvalue weighted by molar-refractivity contribution is 7.48. The van der Waals surface area contributed by atoms with E-state index in [9.17, 15) is 4.57 Å². The van der Waals surface area contributed by atoms with Gasteiger partial charge in [-0.1, -0.05) is 6.58 Å². The van der Waals surface area contributed by atoms with Crippen LogP contribution in [0.25, 0.3) is 0 Å². The molecule has 102 valence electrons. The fraction of sp³-hybridized carbons (Fsp3) is 0.750. The van der Waals surface area contributed by atoms with Crippen LogP contribution in [0.3, 0.4) is 0 Å². The van der Waals surface area contributed by atoms with Gasteiger partial charge < -0.3 is 4.52 Å². The topological polar surface area (TPSA) is 44.8 Å². The van der Waals surface area contributed by atoms with Gasteiger partial charge in [-0.3, -0.25) is 9.05 Å². The molecule has 4 nitrogen and oxygen atoms in total. The Balaban J connectivity index is 4.25. The molecule has 17 heavy (non-hydrogen) atoms. The highest BCUT2D eigenvalue weighted by Crippen LogP contribution is 2.50.